The molecule has 2 rings (SSSR count). The zero-order chi connectivity index (χ0) is 12.6. The van der Waals surface area contributed by atoms with Gasteiger partial charge in [-0.1, -0.05) is 23.2 Å². The molecule has 2 amide bonds. The van der Waals surface area contributed by atoms with E-state index in [4.69, 9.17) is 28.0 Å². The van der Waals surface area contributed by atoms with Crippen molar-refractivity contribution < 1.29 is 14.4 Å². The Kier molecular flexibility index (Phi) is 3.13. The van der Waals surface area contributed by atoms with Crippen LogP contribution in [0.15, 0.2) is 18.2 Å². The largest absolute Gasteiger partial charge is 0.356 e. The van der Waals surface area contributed by atoms with E-state index in [0.717, 1.165) is 5.06 Å². The molecule has 0 radical (unpaired) electrons. The van der Waals surface area contributed by atoms with Gasteiger partial charge in [-0.2, -0.15) is 0 Å². The lowest BCUT2D eigenvalue weighted by Gasteiger charge is -2.28. The average molecular weight is 275 g/mol. The number of carbonyl (C=O) groups is 2. The van der Waals surface area contributed by atoms with Crippen LogP contribution in [-0.4, -0.2) is 18.0 Å². The molecule has 90 valence electrons. The number of rotatable bonds is 1. The highest BCUT2D eigenvalue weighted by molar-refractivity contribution is 6.42. The van der Waals surface area contributed by atoms with E-state index in [1.807, 2.05) is 0 Å². The quantitative estimate of drug-likeness (QED) is 0.855. The number of halogens is 2. The van der Waals surface area contributed by atoms with Crippen molar-refractivity contribution in [2.24, 2.45) is 0 Å². The number of carbonyl (C=O) groups excluding carboxylic acids is 2. The van der Waals surface area contributed by atoms with Crippen LogP contribution in [0.5, 0.6) is 0 Å². The molecule has 0 aliphatic carbocycles. The molecule has 1 aliphatic heterocycles. The van der Waals surface area contributed by atoms with Crippen LogP contribution in [0.4, 0.5) is 10.5 Å². The minimum absolute atomic E-state index is 0.270. The van der Waals surface area contributed by atoms with E-state index in [1.165, 1.54) is 25.1 Å². The molecule has 0 spiro atoms. The first kappa shape index (κ1) is 12.0. The number of hydrogen-bond donors (Lipinski definition) is 1. The molecular weight excluding hydrogens is 267 g/mol. The molecule has 1 aromatic carbocycles. The third kappa shape index (κ3) is 2.30. The zero-order valence-electron chi connectivity index (χ0n) is 8.74. The van der Waals surface area contributed by atoms with E-state index in [9.17, 15) is 9.59 Å². The second-order valence-electron chi connectivity index (χ2n) is 3.47. The Hall–Kier alpha value is -1.46. The molecule has 1 atom stereocenters. The first-order valence-corrected chi connectivity index (χ1v) is 5.52. The molecule has 1 saturated heterocycles. The number of nitrogens with one attached hydrogen (secondary N) is 1. The number of benzene rings is 1. The minimum atomic E-state index is -0.665. The summed E-state index contributed by atoms with van der Waals surface area (Å²) >= 11 is 11.6. The van der Waals surface area contributed by atoms with Crippen LogP contribution in [0.2, 0.25) is 10.0 Å². The summed E-state index contributed by atoms with van der Waals surface area (Å²) in [5.41, 5.74) is 0.331. The van der Waals surface area contributed by atoms with Gasteiger partial charge in [-0.05, 0) is 25.1 Å². The lowest BCUT2D eigenvalue weighted by atomic mass is 10.3. The van der Waals surface area contributed by atoms with E-state index >= 15 is 0 Å². The standard InChI is InChI=1S/C10H8Cl2N2O3/c1-5-9(15)17-14(10(16)13-5)6-2-3-7(11)8(12)4-6/h2-5H,1H3,(H,13,16)/t5-/m1/s1. The number of urea groups is 1. The van der Waals surface area contributed by atoms with Crippen molar-refractivity contribution in [3.05, 3.63) is 28.2 Å². The van der Waals surface area contributed by atoms with Gasteiger partial charge in [0.2, 0.25) is 0 Å². The Labute approximate surface area is 107 Å². The van der Waals surface area contributed by atoms with Gasteiger partial charge in [0.25, 0.3) is 0 Å². The number of hydrogen-bond acceptors (Lipinski definition) is 3. The maximum Gasteiger partial charge on any atom is 0.356 e. The third-order valence-electron chi connectivity index (χ3n) is 2.20. The summed E-state index contributed by atoms with van der Waals surface area (Å²) in [6.45, 7) is 1.53. The number of nitrogens with zero attached hydrogens (tertiary/aromatic N) is 1. The van der Waals surface area contributed by atoms with E-state index in [0.29, 0.717) is 10.7 Å². The summed E-state index contributed by atoms with van der Waals surface area (Å²) < 4.78 is 0. The van der Waals surface area contributed by atoms with Crippen LogP contribution < -0.4 is 10.4 Å². The highest BCUT2D eigenvalue weighted by Gasteiger charge is 2.32. The van der Waals surface area contributed by atoms with E-state index in [2.05, 4.69) is 5.32 Å². The molecule has 5 nitrogen and oxygen atoms in total. The van der Waals surface area contributed by atoms with Gasteiger partial charge < -0.3 is 10.2 Å². The van der Waals surface area contributed by atoms with E-state index < -0.39 is 18.0 Å². The lowest BCUT2D eigenvalue weighted by molar-refractivity contribution is -0.147. The predicted octanol–water partition coefficient (Wildman–Crippen LogP) is 2.37. The van der Waals surface area contributed by atoms with Crippen molar-refractivity contribution in [1.29, 1.82) is 0 Å². The molecule has 1 aliphatic rings. The first-order valence-electron chi connectivity index (χ1n) is 4.76. The lowest BCUT2D eigenvalue weighted by Crippen LogP contribution is -2.55. The average Bonchev–Trinajstić information content (AvgIpc) is 2.27. The van der Waals surface area contributed by atoms with Gasteiger partial charge in [0.05, 0.1) is 15.7 Å². The smallest absolute Gasteiger partial charge is 0.329 e. The highest BCUT2D eigenvalue weighted by Crippen LogP contribution is 2.28. The molecule has 0 bridgehead atoms. The SMILES string of the molecule is C[C@H]1NC(=O)N(c2ccc(Cl)c(Cl)c2)OC1=O. The van der Waals surface area contributed by atoms with Gasteiger partial charge in [-0.25, -0.2) is 9.59 Å². The summed E-state index contributed by atoms with van der Waals surface area (Å²) in [5.74, 6) is -0.546. The van der Waals surface area contributed by atoms with Gasteiger partial charge in [-0.15, -0.1) is 5.06 Å². The fourth-order valence-electron chi connectivity index (χ4n) is 1.29. The number of hydroxylamine groups is 1. The van der Waals surface area contributed by atoms with Crippen LogP contribution in [0.1, 0.15) is 6.92 Å². The van der Waals surface area contributed by atoms with Crippen molar-refractivity contribution in [1.82, 2.24) is 5.32 Å². The van der Waals surface area contributed by atoms with Crippen molar-refractivity contribution in [2.75, 3.05) is 5.06 Å². The summed E-state index contributed by atoms with van der Waals surface area (Å²) in [5, 5.41) is 3.91. The zero-order valence-corrected chi connectivity index (χ0v) is 10.2. The third-order valence-corrected chi connectivity index (χ3v) is 2.94. The molecule has 1 fully saturated rings. The normalized spacial score (nSPS) is 19.9. The molecule has 1 aromatic rings. The molecule has 1 N–H and O–H groups in total. The van der Waals surface area contributed by atoms with E-state index in [-0.39, 0.29) is 5.02 Å². The van der Waals surface area contributed by atoms with Crippen molar-refractivity contribution >= 4 is 40.9 Å². The second-order valence-corrected chi connectivity index (χ2v) is 4.29. The Balaban J connectivity index is 2.30. The molecule has 0 saturated carbocycles. The van der Waals surface area contributed by atoms with Crippen molar-refractivity contribution in [2.45, 2.75) is 13.0 Å². The first-order chi connectivity index (χ1) is 7.99. The summed E-state index contributed by atoms with van der Waals surface area (Å²) in [6, 6.07) is 3.28. The topological polar surface area (TPSA) is 58.6 Å². The van der Waals surface area contributed by atoms with Gasteiger partial charge >= 0.3 is 12.0 Å². The fraction of sp³-hybridized carbons (Fsp3) is 0.200. The number of anilines is 1. The van der Waals surface area contributed by atoms with Gasteiger partial charge in [0.1, 0.15) is 6.04 Å². The van der Waals surface area contributed by atoms with Gasteiger partial charge in [0, 0.05) is 0 Å². The maximum absolute atomic E-state index is 11.6. The van der Waals surface area contributed by atoms with E-state index in [1.54, 1.807) is 0 Å². The Morgan fingerprint density at radius 1 is 1.29 bits per heavy atom. The predicted molar refractivity (Wildman–Crippen MR) is 63.0 cm³/mol. The molecule has 1 heterocycles. The maximum atomic E-state index is 11.6. The van der Waals surface area contributed by atoms with Crippen molar-refractivity contribution in [3.8, 4) is 0 Å². The Morgan fingerprint density at radius 2 is 2.00 bits per heavy atom. The Morgan fingerprint density at radius 3 is 2.65 bits per heavy atom. The minimum Gasteiger partial charge on any atom is -0.329 e. The molecule has 0 aromatic heterocycles. The van der Waals surface area contributed by atoms with Crippen LogP contribution in [0.3, 0.4) is 0 Å². The number of amides is 2. The molecule has 7 heteroatoms. The van der Waals surface area contributed by atoms with Crippen LogP contribution in [0, 0.1) is 0 Å². The monoisotopic (exact) mass is 274 g/mol. The highest BCUT2D eigenvalue weighted by atomic mass is 35.5. The summed E-state index contributed by atoms with van der Waals surface area (Å²) in [6.07, 6.45) is 0. The van der Waals surface area contributed by atoms with Gasteiger partial charge in [0.15, 0.2) is 0 Å². The van der Waals surface area contributed by atoms with Gasteiger partial charge in [-0.3, -0.25) is 0 Å². The molecule has 0 unspecified atom stereocenters. The van der Waals surface area contributed by atoms with Crippen LogP contribution in [-0.2, 0) is 9.63 Å². The molecule has 17 heavy (non-hydrogen) atoms. The van der Waals surface area contributed by atoms with Crippen LogP contribution >= 0.6 is 23.2 Å². The fourth-order valence-corrected chi connectivity index (χ4v) is 1.59. The Bertz CT molecular complexity index is 492. The summed E-state index contributed by atoms with van der Waals surface area (Å²) in [4.78, 5) is 27.8. The second kappa shape index (κ2) is 4.43. The van der Waals surface area contributed by atoms with Crippen molar-refractivity contribution in [3.63, 3.8) is 0 Å². The molecular formula is C10H8Cl2N2O3. The summed E-state index contributed by atoms with van der Waals surface area (Å²) in [7, 11) is 0. The van der Waals surface area contributed by atoms with Crippen LogP contribution in [0.25, 0.3) is 0 Å².